The van der Waals surface area contributed by atoms with Crippen LogP contribution in [0.2, 0.25) is 0 Å². The number of halogens is 2. The topological polar surface area (TPSA) is 52.0 Å². The molecule has 0 aromatic heterocycles. The average molecular weight is 310 g/mol. The van der Waals surface area contributed by atoms with Crippen LogP contribution in [0.25, 0.3) is 0 Å². The van der Waals surface area contributed by atoms with E-state index in [1.165, 1.54) is 6.42 Å². The minimum absolute atomic E-state index is 0.301. The van der Waals surface area contributed by atoms with Crippen LogP contribution in [0.4, 0.5) is 0 Å². The molecule has 6 atom stereocenters. The first-order chi connectivity index (χ1) is 7.58. The van der Waals surface area contributed by atoms with Gasteiger partial charge in [0, 0.05) is 22.3 Å². The molecule has 4 heteroatoms. The molecular formula is C12H22BrClN2. The molecule has 2 rings (SSSR count). The zero-order valence-electron chi connectivity index (χ0n) is 9.62. The van der Waals surface area contributed by atoms with Gasteiger partial charge >= 0.3 is 0 Å². The normalized spacial score (nSPS) is 50.2. The predicted octanol–water partition coefficient (Wildman–Crippen LogP) is 2.61. The van der Waals surface area contributed by atoms with E-state index in [1.54, 1.807) is 0 Å². The van der Waals surface area contributed by atoms with Gasteiger partial charge in [-0.25, -0.2) is 0 Å². The maximum atomic E-state index is 6.48. The van der Waals surface area contributed by atoms with E-state index in [2.05, 4.69) is 15.9 Å². The van der Waals surface area contributed by atoms with E-state index in [9.17, 15) is 0 Å². The third-order valence-electron chi connectivity index (χ3n) is 4.26. The Morgan fingerprint density at radius 2 is 1.44 bits per heavy atom. The summed E-state index contributed by atoms with van der Waals surface area (Å²) in [5, 5.41) is 0.301. The molecule has 2 aliphatic carbocycles. The molecule has 0 aliphatic heterocycles. The quantitative estimate of drug-likeness (QED) is 0.732. The molecule has 0 heterocycles. The summed E-state index contributed by atoms with van der Waals surface area (Å²) in [6.07, 6.45) is 6.65. The van der Waals surface area contributed by atoms with Crippen LogP contribution in [0.3, 0.4) is 0 Å². The number of hydrogen-bond acceptors (Lipinski definition) is 2. The van der Waals surface area contributed by atoms with Gasteiger partial charge in [-0.05, 0) is 50.4 Å². The molecule has 0 aromatic carbocycles. The van der Waals surface area contributed by atoms with Crippen LogP contribution in [0.1, 0.15) is 38.5 Å². The SMILES string of the molecule is NC1CCC(Cl)C(C2CC(N)CCC2Br)C1. The smallest absolute Gasteiger partial charge is 0.0368 e. The van der Waals surface area contributed by atoms with Gasteiger partial charge in [0.25, 0.3) is 0 Å². The molecule has 0 spiro atoms. The number of alkyl halides is 2. The Labute approximate surface area is 112 Å². The Morgan fingerprint density at radius 1 is 0.875 bits per heavy atom. The standard InChI is InChI=1S/C12H22BrClN2/c13-11-3-1-7(15)5-9(11)10-6-8(16)2-4-12(10)14/h7-12H,1-6,15-16H2. The van der Waals surface area contributed by atoms with Gasteiger partial charge in [0.2, 0.25) is 0 Å². The predicted molar refractivity (Wildman–Crippen MR) is 73.0 cm³/mol. The van der Waals surface area contributed by atoms with E-state index in [4.69, 9.17) is 23.1 Å². The van der Waals surface area contributed by atoms with Crippen LogP contribution < -0.4 is 11.5 Å². The highest BCUT2D eigenvalue weighted by atomic mass is 79.9. The highest BCUT2D eigenvalue weighted by molar-refractivity contribution is 9.09. The molecule has 0 bridgehead atoms. The van der Waals surface area contributed by atoms with Crippen molar-refractivity contribution in [2.75, 3.05) is 0 Å². The summed E-state index contributed by atoms with van der Waals surface area (Å²) in [6.45, 7) is 0. The average Bonchev–Trinajstić information content (AvgIpc) is 2.25. The second-order valence-corrected chi connectivity index (χ2v) is 7.24. The summed E-state index contributed by atoms with van der Waals surface area (Å²) in [6, 6.07) is 0.707. The first-order valence-corrected chi connectivity index (χ1v) is 7.72. The van der Waals surface area contributed by atoms with Gasteiger partial charge in [0.1, 0.15) is 0 Å². The van der Waals surface area contributed by atoms with Gasteiger partial charge in [-0.15, -0.1) is 11.6 Å². The molecular weight excluding hydrogens is 288 g/mol. The molecule has 16 heavy (non-hydrogen) atoms. The fourth-order valence-corrected chi connectivity index (χ4v) is 4.58. The summed E-state index contributed by atoms with van der Waals surface area (Å²) >= 11 is 10.3. The van der Waals surface area contributed by atoms with Gasteiger partial charge in [-0.3, -0.25) is 0 Å². The maximum Gasteiger partial charge on any atom is 0.0368 e. The summed E-state index contributed by atoms with van der Waals surface area (Å²) in [7, 11) is 0. The third-order valence-corrected chi connectivity index (χ3v) is 5.93. The number of nitrogens with two attached hydrogens (primary N) is 2. The van der Waals surface area contributed by atoms with E-state index in [0.717, 1.165) is 32.1 Å². The van der Waals surface area contributed by atoms with Crippen molar-refractivity contribution in [2.24, 2.45) is 23.3 Å². The third kappa shape index (κ3) is 2.92. The Bertz CT molecular complexity index is 215. The van der Waals surface area contributed by atoms with Gasteiger partial charge in [-0.1, -0.05) is 15.9 Å². The van der Waals surface area contributed by atoms with Crippen LogP contribution in [0, 0.1) is 11.8 Å². The summed E-state index contributed by atoms with van der Waals surface area (Å²) in [5.41, 5.74) is 12.1. The molecule has 2 nitrogen and oxygen atoms in total. The molecule has 6 unspecified atom stereocenters. The molecule has 94 valence electrons. The molecule has 2 aliphatic rings. The van der Waals surface area contributed by atoms with Gasteiger partial charge in [0.05, 0.1) is 0 Å². The van der Waals surface area contributed by atoms with Gasteiger partial charge in [0.15, 0.2) is 0 Å². The molecule has 0 amide bonds. The highest BCUT2D eigenvalue weighted by Gasteiger charge is 2.39. The fraction of sp³-hybridized carbons (Fsp3) is 1.00. The summed E-state index contributed by atoms with van der Waals surface area (Å²) in [4.78, 5) is 0.587. The summed E-state index contributed by atoms with van der Waals surface area (Å²) in [5.74, 6) is 1.18. The van der Waals surface area contributed by atoms with Crippen molar-refractivity contribution in [3.8, 4) is 0 Å². The lowest BCUT2D eigenvalue weighted by atomic mass is 9.71. The maximum absolute atomic E-state index is 6.48. The van der Waals surface area contributed by atoms with Crippen LogP contribution in [-0.4, -0.2) is 22.3 Å². The first-order valence-electron chi connectivity index (χ1n) is 6.37. The van der Waals surface area contributed by atoms with E-state index in [1.807, 2.05) is 0 Å². The molecule has 0 saturated heterocycles. The van der Waals surface area contributed by atoms with Crippen LogP contribution in [0.5, 0.6) is 0 Å². The Morgan fingerprint density at radius 3 is 2.12 bits per heavy atom. The van der Waals surface area contributed by atoms with Crippen LogP contribution in [-0.2, 0) is 0 Å². The van der Waals surface area contributed by atoms with E-state index in [0.29, 0.717) is 34.1 Å². The Balaban J connectivity index is 2.02. The fourth-order valence-electron chi connectivity index (χ4n) is 3.29. The molecule has 2 saturated carbocycles. The number of hydrogen-bond donors (Lipinski definition) is 2. The number of rotatable bonds is 1. The van der Waals surface area contributed by atoms with Gasteiger partial charge < -0.3 is 11.5 Å². The molecule has 0 radical (unpaired) electrons. The van der Waals surface area contributed by atoms with Crippen LogP contribution >= 0.6 is 27.5 Å². The largest absolute Gasteiger partial charge is 0.328 e. The lowest BCUT2D eigenvalue weighted by Crippen LogP contribution is -2.44. The first kappa shape index (κ1) is 13.1. The molecule has 4 N–H and O–H groups in total. The Hall–Kier alpha value is 0.690. The van der Waals surface area contributed by atoms with E-state index in [-0.39, 0.29) is 0 Å². The second kappa shape index (κ2) is 5.55. The van der Waals surface area contributed by atoms with Crippen molar-refractivity contribution in [1.29, 1.82) is 0 Å². The summed E-state index contributed by atoms with van der Waals surface area (Å²) < 4.78 is 0. The van der Waals surface area contributed by atoms with Crippen molar-refractivity contribution >= 4 is 27.5 Å². The minimum atomic E-state index is 0.301. The van der Waals surface area contributed by atoms with Crippen LogP contribution in [0.15, 0.2) is 0 Å². The van der Waals surface area contributed by atoms with Crippen molar-refractivity contribution in [1.82, 2.24) is 0 Å². The molecule has 0 aromatic rings. The van der Waals surface area contributed by atoms with Crippen molar-refractivity contribution in [3.63, 3.8) is 0 Å². The van der Waals surface area contributed by atoms with E-state index < -0.39 is 0 Å². The molecule has 2 fully saturated rings. The zero-order chi connectivity index (χ0) is 11.7. The van der Waals surface area contributed by atoms with Gasteiger partial charge in [-0.2, -0.15) is 0 Å². The second-order valence-electron chi connectivity index (χ2n) is 5.51. The van der Waals surface area contributed by atoms with Crippen molar-refractivity contribution < 1.29 is 0 Å². The van der Waals surface area contributed by atoms with E-state index >= 15 is 0 Å². The minimum Gasteiger partial charge on any atom is -0.328 e. The lowest BCUT2D eigenvalue weighted by Gasteiger charge is -2.42. The lowest BCUT2D eigenvalue weighted by molar-refractivity contribution is 0.185. The monoisotopic (exact) mass is 308 g/mol. The Kier molecular flexibility index (Phi) is 4.56. The van der Waals surface area contributed by atoms with Crippen molar-refractivity contribution in [2.45, 2.75) is 60.8 Å². The highest BCUT2D eigenvalue weighted by Crippen LogP contribution is 2.42. The van der Waals surface area contributed by atoms with Crippen molar-refractivity contribution in [3.05, 3.63) is 0 Å². The zero-order valence-corrected chi connectivity index (χ0v) is 12.0.